The zero-order valence-corrected chi connectivity index (χ0v) is 28.3. The van der Waals surface area contributed by atoms with Crippen LogP contribution in [0.3, 0.4) is 0 Å². The van der Waals surface area contributed by atoms with Gasteiger partial charge in [-0.25, -0.2) is 0 Å². The summed E-state index contributed by atoms with van der Waals surface area (Å²) < 4.78 is 1.39. The molecule has 1 saturated carbocycles. The van der Waals surface area contributed by atoms with Crippen molar-refractivity contribution < 1.29 is 45.2 Å². The molecular weight excluding hydrogens is 623 g/mol. The van der Waals surface area contributed by atoms with Crippen molar-refractivity contribution in [1.82, 2.24) is 0 Å². The van der Waals surface area contributed by atoms with Gasteiger partial charge >= 0.3 is 237 Å². The zero-order valence-electron chi connectivity index (χ0n) is 23.3. The van der Waals surface area contributed by atoms with E-state index in [0.717, 1.165) is 5.92 Å². The van der Waals surface area contributed by atoms with Gasteiger partial charge in [-0.1, -0.05) is 0 Å². The first-order valence-corrected chi connectivity index (χ1v) is 23.1. The Balaban J connectivity index is 0.00000161. The molecule has 0 aromatic heterocycles. The minimum Gasteiger partial charge on any atom is -1.00 e. The van der Waals surface area contributed by atoms with Crippen LogP contribution >= 0.6 is 0 Å². The summed E-state index contributed by atoms with van der Waals surface area (Å²) in [5.74, 6) is 0.814. The molecule has 3 aliphatic carbocycles. The zero-order chi connectivity index (χ0) is 25.8. The van der Waals surface area contributed by atoms with E-state index in [0.29, 0.717) is 7.25 Å². The summed E-state index contributed by atoms with van der Waals surface area (Å²) >= 11 is -2.08. The Morgan fingerprint density at radius 3 is 1.60 bits per heavy atom. The standard InChI is InChI=1S/C18H15.C16H13.C2H6Si.2ClH.Zr/c1-2-5-14(6-3-1)17-8-4-7-15-11-16(12-18(15)17)13-9-10-13;1-12-10-14-8-5-9-15(16(14)11-12)13-6-3-2-4-7-13;1-3-2;;;/h1-8,11-13H,9-10H2;2-11H,1H3;1-2H3;2*1H;/q;;;;;+2/p-2. The molecule has 2 atom stereocenters. The van der Waals surface area contributed by atoms with Crippen molar-refractivity contribution in [3.63, 3.8) is 0 Å². The number of halogens is 2. The van der Waals surface area contributed by atoms with E-state index in [1.807, 2.05) is 5.57 Å². The topological polar surface area (TPSA) is 0 Å². The van der Waals surface area contributed by atoms with Crippen LogP contribution in [-0.2, 0) is 20.4 Å². The Morgan fingerprint density at radius 1 is 0.600 bits per heavy atom. The van der Waals surface area contributed by atoms with Gasteiger partial charge in [-0.3, -0.25) is 0 Å². The molecule has 4 aromatic rings. The molecule has 0 radical (unpaired) electrons. The predicted molar refractivity (Wildman–Crippen MR) is 161 cm³/mol. The fourth-order valence-electron chi connectivity index (χ4n) is 6.99. The molecule has 2 unspecified atom stereocenters. The van der Waals surface area contributed by atoms with Gasteiger partial charge in [-0.15, -0.1) is 0 Å². The maximum Gasteiger partial charge on any atom is -1.00 e. The Kier molecular flexibility index (Phi) is 8.94. The van der Waals surface area contributed by atoms with E-state index in [4.69, 9.17) is 0 Å². The Hall–Kier alpha value is -1.96. The molecule has 7 rings (SSSR count). The minimum absolute atomic E-state index is 0. The van der Waals surface area contributed by atoms with E-state index in [9.17, 15) is 0 Å². The van der Waals surface area contributed by atoms with Gasteiger partial charge in [0.15, 0.2) is 0 Å². The fraction of sp³-hybridized carbons (Fsp3) is 0.222. The third kappa shape index (κ3) is 5.11. The average molecular weight is 657 g/mol. The molecule has 0 N–H and O–H groups in total. The largest absolute Gasteiger partial charge is 1.00 e. The summed E-state index contributed by atoms with van der Waals surface area (Å²) in [5.41, 5.74) is 14.9. The molecule has 0 saturated heterocycles. The number of hydrogen-bond acceptors (Lipinski definition) is 0. The summed E-state index contributed by atoms with van der Waals surface area (Å²) in [6, 6.07) is 36.4. The van der Waals surface area contributed by atoms with Crippen molar-refractivity contribution in [1.29, 1.82) is 0 Å². The van der Waals surface area contributed by atoms with Crippen LogP contribution in [-0.4, -0.2) is 5.43 Å². The Bertz CT molecular complexity index is 1650. The molecule has 4 aromatic carbocycles. The Morgan fingerprint density at radius 2 is 1.10 bits per heavy atom. The molecule has 4 heteroatoms. The number of hydrogen-bond donors (Lipinski definition) is 0. The Labute approximate surface area is 259 Å². The fourth-order valence-corrected chi connectivity index (χ4v) is 27.6. The molecule has 0 aliphatic heterocycles. The minimum atomic E-state index is -2.08. The molecule has 0 nitrogen and oxygen atoms in total. The molecule has 40 heavy (non-hydrogen) atoms. The molecule has 1 fully saturated rings. The molecule has 0 spiro atoms. The van der Waals surface area contributed by atoms with E-state index in [-0.39, 0.29) is 24.8 Å². The van der Waals surface area contributed by atoms with Gasteiger partial charge in [-0.05, 0) is 0 Å². The van der Waals surface area contributed by atoms with Crippen molar-refractivity contribution in [3.05, 3.63) is 130 Å². The van der Waals surface area contributed by atoms with Crippen LogP contribution in [0.5, 0.6) is 0 Å². The third-order valence-electron chi connectivity index (χ3n) is 8.79. The molecule has 0 amide bonds. The van der Waals surface area contributed by atoms with Gasteiger partial charge < -0.3 is 24.8 Å². The van der Waals surface area contributed by atoms with Crippen molar-refractivity contribution in [2.45, 2.75) is 40.1 Å². The number of allylic oxidation sites excluding steroid dienone is 2. The van der Waals surface area contributed by atoms with Crippen molar-refractivity contribution in [2.24, 2.45) is 5.92 Å². The van der Waals surface area contributed by atoms with Gasteiger partial charge in [0, 0.05) is 0 Å². The van der Waals surface area contributed by atoms with Crippen molar-refractivity contribution >= 4 is 17.6 Å². The monoisotopic (exact) mass is 654 g/mol. The van der Waals surface area contributed by atoms with Crippen LogP contribution in [0.1, 0.15) is 49.3 Å². The van der Waals surface area contributed by atoms with Gasteiger partial charge in [0.2, 0.25) is 0 Å². The smallest absolute Gasteiger partial charge is 1.00 e. The third-order valence-corrected chi connectivity index (χ3v) is 28.4. The van der Waals surface area contributed by atoms with Crippen LogP contribution in [0.15, 0.2) is 108 Å². The first kappa shape index (κ1) is 29.5. The van der Waals surface area contributed by atoms with Crippen molar-refractivity contribution in [2.75, 3.05) is 0 Å². The van der Waals surface area contributed by atoms with Crippen LogP contribution in [0.25, 0.3) is 34.4 Å². The maximum atomic E-state index is 2.67. The quantitative estimate of drug-likeness (QED) is 0.286. The maximum absolute atomic E-state index is 2.67. The first-order valence-electron chi connectivity index (χ1n) is 14.1. The van der Waals surface area contributed by atoms with E-state index in [2.05, 4.69) is 129 Å². The van der Waals surface area contributed by atoms with Crippen molar-refractivity contribution in [3.8, 4) is 22.3 Å². The van der Waals surface area contributed by atoms with E-state index in [1.165, 1.54) is 46.2 Å². The van der Waals surface area contributed by atoms with Crippen LogP contribution in [0.4, 0.5) is 0 Å². The van der Waals surface area contributed by atoms with Gasteiger partial charge in [-0.2, -0.15) is 0 Å². The van der Waals surface area contributed by atoms with Crippen LogP contribution in [0.2, 0.25) is 13.1 Å². The van der Waals surface area contributed by atoms with Gasteiger partial charge in [0.05, 0.1) is 0 Å². The summed E-state index contributed by atoms with van der Waals surface area (Å²) in [4.78, 5) is 0. The molecule has 0 bridgehead atoms. The normalized spacial score (nSPS) is 18.2. The van der Waals surface area contributed by atoms with Crippen LogP contribution in [0, 0.1) is 5.92 Å². The second-order valence-corrected chi connectivity index (χ2v) is 29.3. The SMILES string of the molecule is CC1=Cc2c(-c3ccccc3)cccc2[CH]1[Zr+2]([CH]1C(C2CC2)=Cc2c(-c3ccccc3)cccc21)=[Si](C)C.[Cl-].[Cl-]. The number of benzene rings is 4. The molecule has 200 valence electrons. The summed E-state index contributed by atoms with van der Waals surface area (Å²) in [7, 11) is 0. The summed E-state index contributed by atoms with van der Waals surface area (Å²) in [6.45, 7) is 7.74. The van der Waals surface area contributed by atoms with Gasteiger partial charge in [0.25, 0.3) is 0 Å². The molecule has 3 aliphatic rings. The molecular formula is C36H34Cl2SiZr. The summed E-state index contributed by atoms with van der Waals surface area (Å²) in [5, 5.41) is 0. The van der Waals surface area contributed by atoms with Gasteiger partial charge in [0.1, 0.15) is 0 Å². The number of rotatable bonds is 5. The second-order valence-electron chi connectivity index (χ2n) is 11.5. The predicted octanol–water partition coefficient (Wildman–Crippen LogP) is 3.90. The number of fused-ring (bicyclic) bond motifs is 2. The van der Waals surface area contributed by atoms with E-state index in [1.54, 1.807) is 16.7 Å². The second kappa shape index (κ2) is 12.1. The first-order chi connectivity index (χ1) is 18.6. The average Bonchev–Trinajstić information content (AvgIpc) is 3.65. The van der Waals surface area contributed by atoms with E-state index < -0.39 is 25.8 Å². The van der Waals surface area contributed by atoms with Crippen LogP contribution < -0.4 is 24.8 Å². The molecule has 0 heterocycles. The summed E-state index contributed by atoms with van der Waals surface area (Å²) in [6.07, 6.45) is 8.00. The van der Waals surface area contributed by atoms with E-state index >= 15 is 0 Å².